The van der Waals surface area contributed by atoms with Crippen LogP contribution in [0.5, 0.6) is 23.0 Å². The van der Waals surface area contributed by atoms with E-state index in [1.807, 2.05) is 84.9 Å². The third-order valence-corrected chi connectivity index (χ3v) is 11.9. The molecule has 10 nitrogen and oxygen atoms in total. The van der Waals surface area contributed by atoms with E-state index in [4.69, 9.17) is 18.9 Å². The zero-order valence-corrected chi connectivity index (χ0v) is 35.8. The van der Waals surface area contributed by atoms with E-state index in [2.05, 4.69) is 10.6 Å². The number of nitrogens with one attached hydrogen (secondary N) is 2. The largest absolute Gasteiger partial charge is 0.497 e. The van der Waals surface area contributed by atoms with Crippen LogP contribution in [0.25, 0.3) is 21.5 Å². The number of amides is 2. The summed E-state index contributed by atoms with van der Waals surface area (Å²) in [6, 6.07) is 51.9. The van der Waals surface area contributed by atoms with Crippen LogP contribution >= 0.6 is 0 Å². The molecule has 4 N–H and O–H groups in total. The first-order valence-electron chi connectivity index (χ1n) is 20.7. The van der Waals surface area contributed by atoms with Crippen LogP contribution in [-0.2, 0) is 20.8 Å². The van der Waals surface area contributed by atoms with E-state index in [1.165, 1.54) is 0 Å². The molecular weight excluding hydrogens is 805 g/mol. The minimum absolute atomic E-state index is 0.416. The van der Waals surface area contributed by atoms with E-state index in [-0.39, 0.29) is 0 Å². The van der Waals surface area contributed by atoms with Crippen molar-refractivity contribution in [2.24, 2.45) is 0 Å². The van der Waals surface area contributed by atoms with Crippen molar-refractivity contribution in [3.05, 3.63) is 215 Å². The van der Waals surface area contributed by atoms with Crippen molar-refractivity contribution in [1.29, 1.82) is 0 Å². The minimum atomic E-state index is -1.97. The highest BCUT2D eigenvalue weighted by molar-refractivity contribution is 6.35. The number of benzene rings is 8. The molecule has 8 rings (SSSR count). The van der Waals surface area contributed by atoms with Gasteiger partial charge < -0.3 is 39.8 Å². The van der Waals surface area contributed by atoms with Gasteiger partial charge in [0.25, 0.3) is 0 Å². The van der Waals surface area contributed by atoms with Gasteiger partial charge in [-0.2, -0.15) is 0 Å². The van der Waals surface area contributed by atoms with Crippen molar-refractivity contribution < 1.29 is 38.7 Å². The Morgan fingerprint density at radius 1 is 0.391 bits per heavy atom. The fourth-order valence-electron chi connectivity index (χ4n) is 8.41. The Labute approximate surface area is 371 Å². The molecule has 0 saturated heterocycles. The van der Waals surface area contributed by atoms with E-state index >= 15 is 0 Å². The number of rotatable bonds is 14. The Kier molecular flexibility index (Phi) is 12.3. The summed E-state index contributed by atoms with van der Waals surface area (Å²) >= 11 is 0. The van der Waals surface area contributed by atoms with Crippen molar-refractivity contribution in [3.63, 3.8) is 0 Å². The van der Waals surface area contributed by atoms with Gasteiger partial charge >= 0.3 is 11.8 Å². The van der Waals surface area contributed by atoms with Gasteiger partial charge in [-0.15, -0.1) is 0 Å². The number of carbonyl (C=O) groups excluding carboxylic acids is 2. The van der Waals surface area contributed by atoms with Crippen molar-refractivity contribution in [3.8, 4) is 23.0 Å². The zero-order valence-electron chi connectivity index (χ0n) is 35.8. The number of fused-ring (bicyclic) bond motifs is 2. The lowest BCUT2D eigenvalue weighted by Gasteiger charge is -2.39. The van der Waals surface area contributed by atoms with Gasteiger partial charge in [-0.25, -0.2) is 0 Å². The minimum Gasteiger partial charge on any atom is -0.497 e. The molecule has 8 aromatic rings. The second-order valence-corrected chi connectivity index (χ2v) is 15.5. The van der Waals surface area contributed by atoms with Gasteiger partial charge in [0, 0.05) is 0 Å². The predicted octanol–water partition coefficient (Wildman–Crippen LogP) is 8.91. The summed E-state index contributed by atoms with van der Waals surface area (Å²) in [5.74, 6) is 0.132. The van der Waals surface area contributed by atoms with E-state index in [0.29, 0.717) is 56.4 Å². The fourth-order valence-corrected chi connectivity index (χ4v) is 8.41. The van der Waals surface area contributed by atoms with Gasteiger partial charge in [0.1, 0.15) is 34.2 Å². The average Bonchev–Trinajstić information content (AvgIpc) is 3.36. The van der Waals surface area contributed by atoms with E-state index in [0.717, 1.165) is 21.5 Å². The topological polar surface area (TPSA) is 136 Å². The summed E-state index contributed by atoms with van der Waals surface area (Å²) in [6.45, 7) is 0. The first-order valence-corrected chi connectivity index (χ1v) is 20.7. The Morgan fingerprint density at radius 2 is 0.656 bits per heavy atom. The Balaban J connectivity index is 1.27. The molecule has 8 aromatic carbocycles. The van der Waals surface area contributed by atoms with Gasteiger partial charge in [0.2, 0.25) is 0 Å². The Hall–Kier alpha value is -7.66. The van der Waals surface area contributed by atoms with Crippen molar-refractivity contribution in [2.75, 3.05) is 28.4 Å². The summed E-state index contributed by atoms with van der Waals surface area (Å²) in [7, 11) is 6.21. The number of carbonyl (C=O) groups is 2. The van der Waals surface area contributed by atoms with E-state index in [9.17, 15) is 19.8 Å². The lowest BCUT2D eigenvalue weighted by Crippen LogP contribution is -2.52. The van der Waals surface area contributed by atoms with Crippen molar-refractivity contribution in [2.45, 2.75) is 23.3 Å². The molecule has 0 fully saturated rings. The van der Waals surface area contributed by atoms with Crippen LogP contribution in [-0.4, -0.2) is 50.5 Å². The van der Waals surface area contributed by atoms with Gasteiger partial charge in [0.15, 0.2) is 0 Å². The summed E-state index contributed by atoms with van der Waals surface area (Å²) in [6.07, 6.45) is 0. The van der Waals surface area contributed by atoms with Gasteiger partial charge in [0.05, 0.1) is 40.5 Å². The highest BCUT2D eigenvalue weighted by Crippen LogP contribution is 2.45. The molecule has 0 aliphatic rings. The van der Waals surface area contributed by atoms with E-state index in [1.54, 1.807) is 126 Å². The van der Waals surface area contributed by atoms with Crippen molar-refractivity contribution >= 4 is 33.4 Å². The average molecular weight is 853 g/mol. The highest BCUT2D eigenvalue weighted by Gasteiger charge is 2.46. The van der Waals surface area contributed by atoms with Crippen LogP contribution in [0, 0.1) is 0 Å². The SMILES string of the molecule is COc1ccc(C(O)(c2ccc(OC)cc2)[C@H](NC(=O)C(=O)N[C@H](c2ccc3ccccc3c2)C(O)(c2ccc(OC)cc2)c2ccc(OC)cc2)c2ccc3ccccc3c2)cc1. The number of aliphatic hydroxyl groups is 2. The zero-order chi connectivity index (χ0) is 44.8. The van der Waals surface area contributed by atoms with Gasteiger partial charge in [-0.1, -0.05) is 121 Å². The molecule has 0 aromatic heterocycles. The van der Waals surface area contributed by atoms with Crippen molar-refractivity contribution in [1.82, 2.24) is 10.6 Å². The molecule has 322 valence electrons. The van der Waals surface area contributed by atoms with Crippen LogP contribution in [0.3, 0.4) is 0 Å². The number of hydrogen-bond acceptors (Lipinski definition) is 8. The second-order valence-electron chi connectivity index (χ2n) is 15.5. The smallest absolute Gasteiger partial charge is 0.309 e. The standard InChI is InChI=1S/C54H48N2O8/c1-61-45-25-17-41(18-26-45)53(59,42-19-27-46(62-2)28-20-42)49(39-15-13-35-9-5-7-11-37(35)33-39)55-51(57)52(58)56-50(40-16-14-36-10-6-8-12-38(36)34-40)54(60,43-21-29-47(63-3)30-22-43)44-23-31-48(64-4)32-24-44/h5-34,49-50,59-60H,1-4H3,(H,55,57)(H,56,58)/t49-,50-/m1/s1. The molecule has 2 atom stereocenters. The third-order valence-electron chi connectivity index (χ3n) is 11.9. The van der Waals surface area contributed by atoms with Gasteiger partial charge in [-0.3, -0.25) is 9.59 Å². The van der Waals surface area contributed by atoms with Crippen LogP contribution in [0.15, 0.2) is 182 Å². The molecule has 2 amide bonds. The number of ether oxygens (including phenoxy) is 4. The predicted molar refractivity (Wildman–Crippen MR) is 248 cm³/mol. The maximum Gasteiger partial charge on any atom is 0.309 e. The summed E-state index contributed by atoms with van der Waals surface area (Å²) in [5.41, 5.74) is -1.23. The lowest BCUT2D eigenvalue weighted by atomic mass is 9.76. The normalized spacial score (nSPS) is 12.5. The second kappa shape index (κ2) is 18.4. The summed E-state index contributed by atoms with van der Waals surface area (Å²) in [5, 5.41) is 36.3. The maximum atomic E-state index is 14.9. The molecule has 0 unspecified atom stereocenters. The quantitative estimate of drug-likeness (QED) is 0.0798. The third kappa shape index (κ3) is 8.32. The Bertz CT molecular complexity index is 2600. The Morgan fingerprint density at radius 3 is 0.922 bits per heavy atom. The fraction of sp³-hybridized carbons (Fsp3) is 0.148. The molecule has 10 heteroatoms. The molecule has 64 heavy (non-hydrogen) atoms. The van der Waals surface area contributed by atoms with Gasteiger partial charge in [-0.05, 0) is 116 Å². The number of methoxy groups -OCH3 is 4. The molecule has 0 heterocycles. The molecule has 0 saturated carbocycles. The molecule has 0 aliphatic carbocycles. The molecule has 0 bridgehead atoms. The van der Waals surface area contributed by atoms with E-state index < -0.39 is 35.1 Å². The number of hydrogen-bond donors (Lipinski definition) is 4. The van der Waals surface area contributed by atoms with Crippen LogP contribution < -0.4 is 29.6 Å². The van der Waals surface area contributed by atoms with Crippen LogP contribution in [0.2, 0.25) is 0 Å². The van der Waals surface area contributed by atoms with Crippen LogP contribution in [0.4, 0.5) is 0 Å². The van der Waals surface area contributed by atoms with Crippen LogP contribution in [0.1, 0.15) is 45.5 Å². The molecule has 0 radical (unpaired) electrons. The maximum absolute atomic E-state index is 14.9. The first kappa shape index (κ1) is 43.0. The molecular formula is C54H48N2O8. The first-order chi connectivity index (χ1) is 31.1. The monoisotopic (exact) mass is 852 g/mol. The highest BCUT2D eigenvalue weighted by atomic mass is 16.5. The summed E-state index contributed by atoms with van der Waals surface area (Å²) < 4.78 is 21.9. The molecule has 0 aliphatic heterocycles. The summed E-state index contributed by atoms with van der Waals surface area (Å²) in [4.78, 5) is 29.7. The molecule has 0 spiro atoms. The lowest BCUT2D eigenvalue weighted by molar-refractivity contribution is -0.142.